The molecule has 3 aromatic rings. The number of rotatable bonds is 6. The van der Waals surface area contributed by atoms with E-state index in [1.54, 1.807) is 4.90 Å². The number of likely N-dealkylation sites (tertiary alicyclic amines) is 1. The van der Waals surface area contributed by atoms with E-state index in [2.05, 4.69) is 48.3 Å². The van der Waals surface area contributed by atoms with Gasteiger partial charge < -0.3 is 15.0 Å². The van der Waals surface area contributed by atoms with E-state index in [0.717, 1.165) is 28.9 Å². The molecule has 2 aliphatic heterocycles. The van der Waals surface area contributed by atoms with Crippen molar-refractivity contribution in [2.45, 2.75) is 51.1 Å². The molecule has 0 radical (unpaired) electrons. The number of ether oxygens (including phenoxy) is 1. The lowest BCUT2D eigenvalue weighted by atomic mass is 10.0. The number of nitrogens with one attached hydrogen (secondary N) is 2. The van der Waals surface area contributed by atoms with Crippen LogP contribution in [-0.2, 0) is 20.7 Å². The highest BCUT2D eigenvalue weighted by molar-refractivity contribution is 9.10. The van der Waals surface area contributed by atoms with Gasteiger partial charge in [-0.1, -0.05) is 31.2 Å². The molecule has 3 fully saturated rings. The first-order valence-electron chi connectivity index (χ1n) is 12.2. The summed E-state index contributed by atoms with van der Waals surface area (Å²) in [5.74, 6) is 1.98. The molecule has 10 heteroatoms. The molecule has 2 amide bonds. The monoisotopic (exact) mass is 550 g/mol. The quantitative estimate of drug-likeness (QED) is 0.453. The summed E-state index contributed by atoms with van der Waals surface area (Å²) in [6.07, 6.45) is 1.81. The number of pyridine rings is 1. The first-order valence-corrected chi connectivity index (χ1v) is 12.9. The lowest BCUT2D eigenvalue weighted by Crippen LogP contribution is -2.46. The van der Waals surface area contributed by atoms with Crippen molar-refractivity contribution in [2.75, 3.05) is 18.5 Å². The summed E-state index contributed by atoms with van der Waals surface area (Å²) in [5, 5.41) is 10.3. The first kappa shape index (κ1) is 23.3. The molecule has 1 aromatic carbocycles. The van der Waals surface area contributed by atoms with Crippen LogP contribution in [0.2, 0.25) is 0 Å². The number of carbonyl (C=O) groups is 2. The molecule has 2 saturated heterocycles. The zero-order valence-corrected chi connectivity index (χ0v) is 21.7. The van der Waals surface area contributed by atoms with Crippen molar-refractivity contribution in [1.82, 2.24) is 25.1 Å². The topological polar surface area (TPSA) is 113 Å². The summed E-state index contributed by atoms with van der Waals surface area (Å²) in [7, 11) is 0. The van der Waals surface area contributed by atoms with Gasteiger partial charge in [-0.05, 0) is 64.4 Å². The van der Waals surface area contributed by atoms with Crippen molar-refractivity contribution in [2.24, 2.45) is 5.41 Å². The molecule has 6 rings (SSSR count). The van der Waals surface area contributed by atoms with Crippen LogP contribution in [0.3, 0.4) is 0 Å². The van der Waals surface area contributed by atoms with Gasteiger partial charge in [-0.25, -0.2) is 9.97 Å². The minimum absolute atomic E-state index is 0.000136. The Kier molecular flexibility index (Phi) is 5.68. The maximum atomic E-state index is 13.5. The zero-order valence-electron chi connectivity index (χ0n) is 20.1. The van der Waals surface area contributed by atoms with Crippen LogP contribution in [0.1, 0.15) is 42.6 Å². The number of fused-ring (bicyclic) bond motifs is 1. The molecule has 3 atom stereocenters. The minimum Gasteiger partial charge on any atom is -0.380 e. The third kappa shape index (κ3) is 4.22. The Morgan fingerprint density at radius 3 is 2.83 bits per heavy atom. The van der Waals surface area contributed by atoms with E-state index in [1.165, 1.54) is 0 Å². The van der Waals surface area contributed by atoms with Crippen LogP contribution in [0.25, 0.3) is 11.4 Å². The Morgan fingerprint density at radius 1 is 1.22 bits per heavy atom. The fourth-order valence-electron chi connectivity index (χ4n) is 5.26. The summed E-state index contributed by atoms with van der Waals surface area (Å²) < 4.78 is 5.89. The van der Waals surface area contributed by atoms with Crippen LogP contribution < -0.4 is 5.32 Å². The number of amides is 2. The largest absolute Gasteiger partial charge is 0.380 e. The van der Waals surface area contributed by atoms with E-state index in [4.69, 9.17) is 4.74 Å². The number of aryl methyl sites for hydroxylation is 1. The summed E-state index contributed by atoms with van der Waals surface area (Å²) in [4.78, 5) is 37.6. The molecular weight excluding hydrogens is 524 g/mol. The fourth-order valence-corrected chi connectivity index (χ4v) is 5.57. The Labute approximate surface area is 217 Å². The second-order valence-corrected chi connectivity index (χ2v) is 11.2. The van der Waals surface area contributed by atoms with Crippen LogP contribution >= 0.6 is 15.9 Å². The van der Waals surface area contributed by atoms with Gasteiger partial charge in [0.05, 0.1) is 25.6 Å². The standard InChI is InChI=1S/C26H27BrN6O3/c1-14-6-7-20(27)28-22(14)30-25(35)18-10-26(2)11-19(26)33(18)21(34)9-15-4-3-5-16(8-15)23-29-24(32-31-23)17-12-36-13-17/h3-8,17-19H,9-13H2,1-2H3,(H,28,30,35)(H,29,31,32)/t18-,19+,26-/m0/s1. The number of piperidine rings is 1. The van der Waals surface area contributed by atoms with E-state index in [1.807, 2.05) is 43.3 Å². The molecule has 0 bridgehead atoms. The molecule has 2 aromatic heterocycles. The predicted octanol–water partition coefficient (Wildman–Crippen LogP) is 3.61. The molecule has 0 unspecified atom stereocenters. The third-order valence-corrected chi connectivity index (χ3v) is 8.04. The molecule has 2 N–H and O–H groups in total. The molecule has 186 valence electrons. The number of aromatic nitrogens is 4. The van der Waals surface area contributed by atoms with Crippen molar-refractivity contribution in [1.29, 1.82) is 0 Å². The molecule has 4 heterocycles. The molecule has 1 saturated carbocycles. The van der Waals surface area contributed by atoms with Crippen LogP contribution in [0, 0.1) is 12.3 Å². The highest BCUT2D eigenvalue weighted by Crippen LogP contribution is 2.59. The lowest BCUT2D eigenvalue weighted by Gasteiger charge is -2.27. The van der Waals surface area contributed by atoms with Crippen LogP contribution in [-0.4, -0.2) is 62.2 Å². The van der Waals surface area contributed by atoms with Gasteiger partial charge >= 0.3 is 0 Å². The van der Waals surface area contributed by atoms with Gasteiger partial charge in [0.15, 0.2) is 5.82 Å². The second-order valence-electron chi connectivity index (χ2n) is 10.3. The Hall–Kier alpha value is -3.11. The number of H-pyrrole nitrogens is 1. The average molecular weight is 551 g/mol. The summed E-state index contributed by atoms with van der Waals surface area (Å²) in [6.45, 7) is 5.37. The van der Waals surface area contributed by atoms with Crippen LogP contribution in [0.15, 0.2) is 41.0 Å². The van der Waals surface area contributed by atoms with Crippen LogP contribution in [0.5, 0.6) is 0 Å². The van der Waals surface area contributed by atoms with Crippen molar-refractivity contribution in [3.05, 3.63) is 58.0 Å². The molecular formula is C26H27BrN6O3. The number of hydrogen-bond donors (Lipinski definition) is 2. The number of nitrogens with zero attached hydrogens (tertiary/aromatic N) is 4. The Bertz CT molecular complexity index is 1350. The van der Waals surface area contributed by atoms with E-state index in [9.17, 15) is 9.59 Å². The first-order chi connectivity index (χ1) is 17.3. The summed E-state index contributed by atoms with van der Waals surface area (Å²) in [6, 6.07) is 11.1. The zero-order chi connectivity index (χ0) is 25.0. The van der Waals surface area contributed by atoms with E-state index in [0.29, 0.717) is 35.9 Å². The fraction of sp³-hybridized carbons (Fsp3) is 0.423. The van der Waals surface area contributed by atoms with Gasteiger partial charge in [0.1, 0.15) is 22.3 Å². The van der Waals surface area contributed by atoms with Crippen LogP contribution in [0.4, 0.5) is 5.82 Å². The maximum absolute atomic E-state index is 13.5. The van der Waals surface area contributed by atoms with Crippen molar-refractivity contribution >= 4 is 33.6 Å². The predicted molar refractivity (Wildman–Crippen MR) is 136 cm³/mol. The molecule has 0 spiro atoms. The third-order valence-electron chi connectivity index (χ3n) is 7.60. The molecule has 36 heavy (non-hydrogen) atoms. The average Bonchev–Trinajstić information content (AvgIpc) is 3.14. The minimum atomic E-state index is -0.509. The lowest BCUT2D eigenvalue weighted by molar-refractivity contribution is -0.137. The second kappa shape index (κ2) is 8.77. The van der Waals surface area contributed by atoms with Crippen molar-refractivity contribution in [3.8, 4) is 11.4 Å². The Morgan fingerprint density at radius 2 is 2.06 bits per heavy atom. The number of halogens is 1. The van der Waals surface area contributed by atoms with E-state index < -0.39 is 6.04 Å². The highest BCUT2D eigenvalue weighted by Gasteiger charge is 2.64. The number of anilines is 1. The summed E-state index contributed by atoms with van der Waals surface area (Å²) in [5.41, 5.74) is 2.59. The van der Waals surface area contributed by atoms with Crippen molar-refractivity contribution in [3.63, 3.8) is 0 Å². The number of hydrogen-bond acceptors (Lipinski definition) is 6. The van der Waals surface area contributed by atoms with Gasteiger partial charge in [-0.15, -0.1) is 0 Å². The van der Waals surface area contributed by atoms with Gasteiger partial charge in [-0.2, -0.15) is 5.10 Å². The Balaban J connectivity index is 1.18. The number of aromatic amines is 1. The number of benzene rings is 1. The van der Waals surface area contributed by atoms with Gasteiger partial charge in [0.2, 0.25) is 11.8 Å². The summed E-state index contributed by atoms with van der Waals surface area (Å²) >= 11 is 3.36. The van der Waals surface area contributed by atoms with E-state index >= 15 is 0 Å². The normalized spacial score (nSPS) is 24.8. The SMILES string of the molecule is Cc1ccc(Br)nc1NC(=O)[C@@H]1C[C@@]2(C)C[C@H]2N1C(=O)Cc1cccc(-c2n[nH]c(C3COC3)n2)c1. The van der Waals surface area contributed by atoms with E-state index in [-0.39, 0.29) is 35.6 Å². The molecule has 1 aliphatic carbocycles. The van der Waals surface area contributed by atoms with Gasteiger partial charge in [0, 0.05) is 11.6 Å². The maximum Gasteiger partial charge on any atom is 0.248 e. The smallest absolute Gasteiger partial charge is 0.248 e. The molecule has 9 nitrogen and oxygen atoms in total. The molecule has 3 aliphatic rings. The van der Waals surface area contributed by atoms with Gasteiger partial charge in [0.25, 0.3) is 0 Å². The number of carbonyl (C=O) groups excluding carboxylic acids is 2. The highest BCUT2D eigenvalue weighted by atomic mass is 79.9. The van der Waals surface area contributed by atoms with Gasteiger partial charge in [-0.3, -0.25) is 14.7 Å². The van der Waals surface area contributed by atoms with Crippen molar-refractivity contribution < 1.29 is 14.3 Å².